The minimum Gasteiger partial charge on any atom is -0.314 e. The second-order valence-corrected chi connectivity index (χ2v) is 6.24. The van der Waals surface area contributed by atoms with E-state index in [4.69, 9.17) is 0 Å². The molecule has 1 nitrogen and oxygen atoms in total. The number of nitrogens with one attached hydrogen (secondary N) is 1. The third-order valence-electron chi connectivity index (χ3n) is 3.18. The zero-order chi connectivity index (χ0) is 10.4. The van der Waals surface area contributed by atoms with Gasteiger partial charge in [0.25, 0.3) is 0 Å². The van der Waals surface area contributed by atoms with Crippen molar-refractivity contribution in [2.75, 3.05) is 18.6 Å². The van der Waals surface area contributed by atoms with E-state index in [-0.39, 0.29) is 0 Å². The van der Waals surface area contributed by atoms with Gasteiger partial charge in [0, 0.05) is 6.04 Å². The molecule has 1 atom stereocenters. The molecule has 0 saturated heterocycles. The van der Waals surface area contributed by atoms with E-state index in [0.29, 0.717) is 5.41 Å². The molecule has 1 N–H and O–H groups in total. The van der Waals surface area contributed by atoms with Crippen molar-refractivity contribution in [3.63, 3.8) is 0 Å². The molecule has 0 heterocycles. The number of thioether (sulfide) groups is 1. The first-order valence-electron chi connectivity index (χ1n) is 5.86. The fourth-order valence-corrected chi connectivity index (χ4v) is 2.78. The Morgan fingerprint density at radius 3 is 2.71 bits per heavy atom. The first kappa shape index (κ1) is 12.4. The molecule has 1 saturated carbocycles. The van der Waals surface area contributed by atoms with Crippen LogP contribution in [0.2, 0.25) is 0 Å². The number of hydrogen-bond acceptors (Lipinski definition) is 2. The van der Waals surface area contributed by atoms with Crippen LogP contribution in [0.3, 0.4) is 0 Å². The van der Waals surface area contributed by atoms with Gasteiger partial charge >= 0.3 is 0 Å². The zero-order valence-electron chi connectivity index (χ0n) is 9.94. The molecule has 0 aliphatic heterocycles. The maximum absolute atomic E-state index is 3.69. The van der Waals surface area contributed by atoms with Gasteiger partial charge in [-0.05, 0) is 56.1 Å². The molecule has 0 radical (unpaired) electrons. The lowest BCUT2D eigenvalue weighted by atomic mass is 9.92. The first-order chi connectivity index (χ1) is 6.64. The van der Waals surface area contributed by atoms with E-state index < -0.39 is 0 Å². The summed E-state index contributed by atoms with van der Waals surface area (Å²) in [5.41, 5.74) is 0.594. The standard InChI is InChI=1S/C12H25NS/c1-12(2)7-6-11(10-12)13-8-4-5-9-14-3/h11,13H,4-10H2,1-3H3. The van der Waals surface area contributed by atoms with Crippen LogP contribution in [0, 0.1) is 5.41 Å². The molecule has 14 heavy (non-hydrogen) atoms. The van der Waals surface area contributed by atoms with Crippen LogP contribution in [0.25, 0.3) is 0 Å². The summed E-state index contributed by atoms with van der Waals surface area (Å²) in [6.45, 7) is 6.01. The summed E-state index contributed by atoms with van der Waals surface area (Å²) in [6.07, 6.45) is 9.05. The van der Waals surface area contributed by atoms with Crippen LogP contribution in [0.15, 0.2) is 0 Å². The Bertz CT molecular complexity index is 156. The summed E-state index contributed by atoms with van der Waals surface area (Å²) >= 11 is 1.96. The number of unbranched alkanes of at least 4 members (excludes halogenated alkanes) is 1. The summed E-state index contributed by atoms with van der Waals surface area (Å²) < 4.78 is 0. The van der Waals surface area contributed by atoms with E-state index in [9.17, 15) is 0 Å². The van der Waals surface area contributed by atoms with E-state index in [0.717, 1.165) is 6.04 Å². The maximum atomic E-state index is 3.69. The smallest absolute Gasteiger partial charge is 0.00723 e. The maximum Gasteiger partial charge on any atom is 0.00723 e. The molecule has 1 aliphatic carbocycles. The monoisotopic (exact) mass is 215 g/mol. The van der Waals surface area contributed by atoms with Crippen LogP contribution >= 0.6 is 11.8 Å². The van der Waals surface area contributed by atoms with Crippen LogP contribution < -0.4 is 5.32 Å². The molecule has 0 spiro atoms. The van der Waals surface area contributed by atoms with E-state index in [1.54, 1.807) is 0 Å². The lowest BCUT2D eigenvalue weighted by Crippen LogP contribution is -2.28. The van der Waals surface area contributed by atoms with Gasteiger partial charge in [-0.3, -0.25) is 0 Å². The molecule has 1 rings (SSSR count). The normalized spacial score (nSPS) is 25.5. The Morgan fingerprint density at radius 1 is 1.36 bits per heavy atom. The highest BCUT2D eigenvalue weighted by Gasteiger charge is 2.30. The molecule has 0 aromatic rings. The summed E-state index contributed by atoms with van der Waals surface area (Å²) in [5.74, 6) is 1.32. The predicted octanol–water partition coefficient (Wildman–Crippen LogP) is 3.30. The van der Waals surface area contributed by atoms with E-state index in [1.165, 1.54) is 44.4 Å². The largest absolute Gasteiger partial charge is 0.314 e. The van der Waals surface area contributed by atoms with Crippen LogP contribution in [0.4, 0.5) is 0 Å². The van der Waals surface area contributed by atoms with Gasteiger partial charge in [0.05, 0.1) is 0 Å². The molecular weight excluding hydrogens is 190 g/mol. The van der Waals surface area contributed by atoms with Crippen LogP contribution in [-0.2, 0) is 0 Å². The summed E-state index contributed by atoms with van der Waals surface area (Å²) in [7, 11) is 0. The second-order valence-electron chi connectivity index (χ2n) is 5.26. The molecule has 0 aromatic heterocycles. The third-order valence-corrected chi connectivity index (χ3v) is 3.87. The second kappa shape index (κ2) is 6.02. The van der Waals surface area contributed by atoms with Crippen molar-refractivity contribution in [1.29, 1.82) is 0 Å². The fourth-order valence-electron chi connectivity index (χ4n) is 2.29. The number of hydrogen-bond donors (Lipinski definition) is 1. The Hall–Kier alpha value is 0.310. The van der Waals surface area contributed by atoms with Crippen molar-refractivity contribution >= 4 is 11.8 Å². The molecule has 0 bridgehead atoms. The van der Waals surface area contributed by atoms with Crippen molar-refractivity contribution in [3.8, 4) is 0 Å². The highest BCUT2D eigenvalue weighted by Crippen LogP contribution is 2.36. The topological polar surface area (TPSA) is 12.0 Å². The van der Waals surface area contributed by atoms with Crippen LogP contribution in [0.1, 0.15) is 46.0 Å². The lowest BCUT2D eigenvalue weighted by molar-refractivity contribution is 0.364. The van der Waals surface area contributed by atoms with Gasteiger partial charge in [0.2, 0.25) is 0 Å². The van der Waals surface area contributed by atoms with Gasteiger partial charge in [-0.25, -0.2) is 0 Å². The molecule has 1 aliphatic rings. The summed E-state index contributed by atoms with van der Waals surface area (Å²) in [5, 5.41) is 3.69. The average Bonchev–Trinajstić information content (AvgIpc) is 2.45. The van der Waals surface area contributed by atoms with Gasteiger partial charge in [0.15, 0.2) is 0 Å². The first-order valence-corrected chi connectivity index (χ1v) is 7.26. The van der Waals surface area contributed by atoms with E-state index in [2.05, 4.69) is 25.4 Å². The molecular formula is C12H25NS. The molecule has 0 aromatic carbocycles. The van der Waals surface area contributed by atoms with Crippen molar-refractivity contribution in [2.24, 2.45) is 5.41 Å². The Kier molecular flexibility index (Phi) is 5.32. The minimum atomic E-state index is 0.594. The predicted molar refractivity (Wildman–Crippen MR) is 67.0 cm³/mol. The lowest BCUT2D eigenvalue weighted by Gasteiger charge is -2.17. The van der Waals surface area contributed by atoms with Crippen molar-refractivity contribution in [1.82, 2.24) is 5.32 Å². The zero-order valence-corrected chi connectivity index (χ0v) is 10.8. The van der Waals surface area contributed by atoms with Crippen molar-refractivity contribution in [3.05, 3.63) is 0 Å². The highest BCUT2D eigenvalue weighted by molar-refractivity contribution is 7.98. The Balaban J connectivity index is 1.98. The van der Waals surface area contributed by atoms with Gasteiger partial charge in [-0.2, -0.15) is 11.8 Å². The third kappa shape index (κ3) is 4.70. The molecule has 1 fully saturated rings. The Morgan fingerprint density at radius 2 is 2.14 bits per heavy atom. The number of rotatable bonds is 6. The molecule has 2 heteroatoms. The summed E-state index contributed by atoms with van der Waals surface area (Å²) in [6, 6.07) is 0.805. The van der Waals surface area contributed by atoms with Crippen molar-refractivity contribution in [2.45, 2.75) is 52.0 Å². The van der Waals surface area contributed by atoms with Gasteiger partial charge in [-0.1, -0.05) is 13.8 Å². The van der Waals surface area contributed by atoms with Gasteiger partial charge in [0.1, 0.15) is 0 Å². The molecule has 84 valence electrons. The molecule has 0 amide bonds. The SMILES string of the molecule is CSCCCCNC1CCC(C)(C)C1. The quantitative estimate of drug-likeness (QED) is 0.682. The van der Waals surface area contributed by atoms with E-state index in [1.807, 2.05) is 11.8 Å². The van der Waals surface area contributed by atoms with Gasteiger partial charge in [-0.15, -0.1) is 0 Å². The Labute approximate surface area is 93.4 Å². The molecule has 1 unspecified atom stereocenters. The minimum absolute atomic E-state index is 0.594. The average molecular weight is 215 g/mol. The fraction of sp³-hybridized carbons (Fsp3) is 1.00. The van der Waals surface area contributed by atoms with Crippen LogP contribution in [0.5, 0.6) is 0 Å². The summed E-state index contributed by atoms with van der Waals surface area (Å²) in [4.78, 5) is 0. The van der Waals surface area contributed by atoms with Crippen molar-refractivity contribution < 1.29 is 0 Å². The van der Waals surface area contributed by atoms with E-state index >= 15 is 0 Å². The van der Waals surface area contributed by atoms with Crippen LogP contribution in [-0.4, -0.2) is 24.6 Å². The van der Waals surface area contributed by atoms with Gasteiger partial charge < -0.3 is 5.32 Å². The highest BCUT2D eigenvalue weighted by atomic mass is 32.2.